The first-order valence-corrected chi connectivity index (χ1v) is 6.92. The lowest BCUT2D eigenvalue weighted by Gasteiger charge is -2.31. The van der Waals surface area contributed by atoms with Crippen molar-refractivity contribution in [3.8, 4) is 0 Å². The van der Waals surface area contributed by atoms with Gasteiger partial charge in [-0.05, 0) is 53.7 Å². The summed E-state index contributed by atoms with van der Waals surface area (Å²) in [5.74, 6) is 0.781. The maximum absolute atomic E-state index is 12.4. The van der Waals surface area contributed by atoms with Crippen LogP contribution in [0.4, 0.5) is 0 Å². The smallest absolute Gasteiger partial charge is 0.255 e. The van der Waals surface area contributed by atoms with Crippen LogP contribution in [0.25, 0.3) is 0 Å². The first kappa shape index (κ1) is 12.6. The van der Waals surface area contributed by atoms with E-state index in [0.29, 0.717) is 5.92 Å². The second-order valence-corrected chi connectivity index (χ2v) is 5.84. The molecule has 2 nitrogen and oxygen atoms in total. The van der Waals surface area contributed by atoms with Gasteiger partial charge in [-0.25, -0.2) is 0 Å². The Morgan fingerprint density at radius 2 is 2.24 bits per heavy atom. The number of nitrogens with zero attached hydrogens (tertiary/aromatic N) is 1. The van der Waals surface area contributed by atoms with Crippen molar-refractivity contribution in [1.82, 2.24) is 4.90 Å². The van der Waals surface area contributed by atoms with Crippen LogP contribution >= 0.6 is 15.9 Å². The zero-order valence-electron chi connectivity index (χ0n) is 10.4. The predicted molar refractivity (Wildman–Crippen MR) is 73.2 cm³/mol. The molecule has 1 saturated heterocycles. The number of hydrogen-bond acceptors (Lipinski definition) is 1. The van der Waals surface area contributed by atoms with Gasteiger partial charge in [-0.2, -0.15) is 0 Å². The first-order chi connectivity index (χ1) is 8.08. The quantitative estimate of drug-likeness (QED) is 0.775. The Balaban J connectivity index is 2.21. The highest BCUT2D eigenvalue weighted by Gasteiger charge is 2.23. The number of likely N-dealkylation sites (tertiary alicyclic amines) is 1. The van der Waals surface area contributed by atoms with Gasteiger partial charge in [0.1, 0.15) is 0 Å². The molecule has 0 saturated carbocycles. The lowest BCUT2D eigenvalue weighted by molar-refractivity contribution is 0.0682. The van der Waals surface area contributed by atoms with E-state index < -0.39 is 0 Å². The standard InChI is InChI=1S/C14H18BrNO/c1-10-5-6-13(15)12(8-10)14(17)16-7-3-4-11(2)9-16/h5-6,8,11H,3-4,7,9H2,1-2H3. The molecule has 0 bridgehead atoms. The predicted octanol–water partition coefficient (Wildman–Crippen LogP) is 3.63. The van der Waals surface area contributed by atoms with Crippen LogP contribution in [0, 0.1) is 12.8 Å². The largest absolute Gasteiger partial charge is 0.338 e. The Morgan fingerprint density at radius 1 is 1.47 bits per heavy atom. The molecule has 0 aliphatic carbocycles. The molecule has 1 amide bonds. The molecule has 1 aromatic rings. The van der Waals surface area contributed by atoms with Crippen molar-refractivity contribution >= 4 is 21.8 Å². The second kappa shape index (κ2) is 5.21. The summed E-state index contributed by atoms with van der Waals surface area (Å²) in [6, 6.07) is 5.93. The van der Waals surface area contributed by atoms with Crippen molar-refractivity contribution in [2.45, 2.75) is 26.7 Å². The SMILES string of the molecule is Cc1ccc(Br)c(C(=O)N2CCCC(C)C2)c1. The molecular formula is C14H18BrNO. The van der Waals surface area contributed by atoms with Crippen molar-refractivity contribution < 1.29 is 4.79 Å². The Morgan fingerprint density at radius 3 is 2.94 bits per heavy atom. The third kappa shape index (κ3) is 2.89. The first-order valence-electron chi connectivity index (χ1n) is 6.13. The van der Waals surface area contributed by atoms with Crippen molar-refractivity contribution in [2.75, 3.05) is 13.1 Å². The van der Waals surface area contributed by atoms with Gasteiger partial charge in [-0.15, -0.1) is 0 Å². The summed E-state index contributed by atoms with van der Waals surface area (Å²) in [7, 11) is 0. The number of benzene rings is 1. The zero-order chi connectivity index (χ0) is 12.4. The molecule has 1 fully saturated rings. The van der Waals surface area contributed by atoms with Gasteiger partial charge in [0.25, 0.3) is 5.91 Å². The summed E-state index contributed by atoms with van der Waals surface area (Å²) in [5, 5.41) is 0. The van der Waals surface area contributed by atoms with E-state index in [2.05, 4.69) is 22.9 Å². The number of hydrogen-bond donors (Lipinski definition) is 0. The molecule has 2 rings (SSSR count). The van der Waals surface area contributed by atoms with Crippen LogP contribution in [-0.4, -0.2) is 23.9 Å². The van der Waals surface area contributed by atoms with E-state index in [1.807, 2.05) is 30.0 Å². The Bertz CT molecular complexity index is 430. The minimum absolute atomic E-state index is 0.159. The Labute approximate surface area is 111 Å². The van der Waals surface area contributed by atoms with E-state index in [4.69, 9.17) is 0 Å². The molecule has 0 radical (unpaired) electrons. The monoisotopic (exact) mass is 295 g/mol. The Hall–Kier alpha value is -0.830. The van der Waals surface area contributed by atoms with E-state index >= 15 is 0 Å². The summed E-state index contributed by atoms with van der Waals surface area (Å²) in [6.07, 6.45) is 2.36. The van der Waals surface area contributed by atoms with Crippen LogP contribution in [0.2, 0.25) is 0 Å². The maximum atomic E-state index is 12.4. The fourth-order valence-corrected chi connectivity index (χ4v) is 2.76. The lowest BCUT2D eigenvalue weighted by Crippen LogP contribution is -2.39. The summed E-state index contributed by atoms with van der Waals surface area (Å²) in [5.41, 5.74) is 1.92. The van der Waals surface area contributed by atoms with Crippen molar-refractivity contribution in [1.29, 1.82) is 0 Å². The summed E-state index contributed by atoms with van der Waals surface area (Å²) in [4.78, 5) is 14.4. The highest BCUT2D eigenvalue weighted by molar-refractivity contribution is 9.10. The molecular weight excluding hydrogens is 278 g/mol. The van der Waals surface area contributed by atoms with Gasteiger partial charge < -0.3 is 4.90 Å². The molecule has 3 heteroatoms. The average molecular weight is 296 g/mol. The molecule has 1 heterocycles. The molecule has 17 heavy (non-hydrogen) atoms. The normalized spacial score (nSPS) is 20.4. The van der Waals surface area contributed by atoms with E-state index in [0.717, 1.165) is 35.1 Å². The van der Waals surface area contributed by atoms with E-state index in [1.54, 1.807) is 0 Å². The number of halogens is 1. The molecule has 1 aromatic carbocycles. The third-order valence-electron chi connectivity index (χ3n) is 3.30. The van der Waals surface area contributed by atoms with E-state index in [1.165, 1.54) is 6.42 Å². The van der Waals surface area contributed by atoms with Gasteiger partial charge in [0, 0.05) is 17.6 Å². The van der Waals surface area contributed by atoms with Crippen LogP contribution in [0.15, 0.2) is 22.7 Å². The van der Waals surface area contributed by atoms with Crippen molar-refractivity contribution in [2.24, 2.45) is 5.92 Å². The highest BCUT2D eigenvalue weighted by Crippen LogP contribution is 2.23. The summed E-state index contributed by atoms with van der Waals surface area (Å²) < 4.78 is 0.895. The van der Waals surface area contributed by atoms with Crippen LogP contribution in [0.1, 0.15) is 35.7 Å². The number of rotatable bonds is 1. The van der Waals surface area contributed by atoms with Gasteiger partial charge in [0.15, 0.2) is 0 Å². The van der Waals surface area contributed by atoms with Crippen LogP contribution in [0.3, 0.4) is 0 Å². The molecule has 1 aliphatic heterocycles. The van der Waals surface area contributed by atoms with E-state index in [-0.39, 0.29) is 5.91 Å². The molecule has 1 atom stereocenters. The topological polar surface area (TPSA) is 20.3 Å². The fraction of sp³-hybridized carbons (Fsp3) is 0.500. The van der Waals surface area contributed by atoms with Gasteiger partial charge in [0.2, 0.25) is 0 Å². The summed E-state index contributed by atoms with van der Waals surface area (Å²) in [6.45, 7) is 6.01. The van der Waals surface area contributed by atoms with Gasteiger partial charge in [-0.1, -0.05) is 18.6 Å². The maximum Gasteiger partial charge on any atom is 0.255 e. The van der Waals surface area contributed by atoms with Crippen LogP contribution in [-0.2, 0) is 0 Å². The number of carbonyl (C=O) groups is 1. The molecule has 0 spiro atoms. The molecule has 92 valence electrons. The minimum atomic E-state index is 0.159. The zero-order valence-corrected chi connectivity index (χ0v) is 12.0. The van der Waals surface area contributed by atoms with Crippen LogP contribution in [0.5, 0.6) is 0 Å². The Kier molecular flexibility index (Phi) is 3.87. The number of piperidine rings is 1. The summed E-state index contributed by atoms with van der Waals surface area (Å²) >= 11 is 3.47. The average Bonchev–Trinajstić information content (AvgIpc) is 2.31. The van der Waals surface area contributed by atoms with Gasteiger partial charge >= 0.3 is 0 Å². The van der Waals surface area contributed by atoms with Crippen LogP contribution < -0.4 is 0 Å². The van der Waals surface area contributed by atoms with Gasteiger partial charge in [0.05, 0.1) is 5.56 Å². The molecule has 1 unspecified atom stereocenters. The minimum Gasteiger partial charge on any atom is -0.338 e. The van der Waals surface area contributed by atoms with E-state index in [9.17, 15) is 4.79 Å². The molecule has 0 aromatic heterocycles. The van der Waals surface area contributed by atoms with Gasteiger partial charge in [-0.3, -0.25) is 4.79 Å². The third-order valence-corrected chi connectivity index (χ3v) is 3.99. The number of aryl methyl sites for hydroxylation is 1. The highest BCUT2D eigenvalue weighted by atomic mass is 79.9. The lowest BCUT2D eigenvalue weighted by atomic mass is 9.99. The number of amides is 1. The fourth-order valence-electron chi connectivity index (χ4n) is 2.35. The molecule has 1 aliphatic rings. The number of carbonyl (C=O) groups excluding carboxylic acids is 1. The van der Waals surface area contributed by atoms with Crippen molar-refractivity contribution in [3.63, 3.8) is 0 Å². The van der Waals surface area contributed by atoms with Crippen molar-refractivity contribution in [3.05, 3.63) is 33.8 Å². The second-order valence-electron chi connectivity index (χ2n) is 4.98. The molecule has 0 N–H and O–H groups in total.